The van der Waals surface area contributed by atoms with Gasteiger partial charge in [-0.1, -0.05) is 0 Å². The fourth-order valence-electron chi connectivity index (χ4n) is 2.02. The maximum Gasteiger partial charge on any atom is 0.243 e. The van der Waals surface area contributed by atoms with Crippen LogP contribution in [0.25, 0.3) is 11.0 Å². The van der Waals surface area contributed by atoms with Crippen LogP contribution in [0.5, 0.6) is 0 Å². The van der Waals surface area contributed by atoms with Gasteiger partial charge in [0.25, 0.3) is 0 Å². The van der Waals surface area contributed by atoms with E-state index in [2.05, 4.69) is 25.9 Å². The van der Waals surface area contributed by atoms with Crippen molar-refractivity contribution in [3.05, 3.63) is 30.6 Å². The number of rotatable bonds is 2. The lowest BCUT2D eigenvalue weighted by molar-refractivity contribution is -0.124. The quantitative estimate of drug-likeness (QED) is 0.694. The number of carbonyl (C=O) groups excluding carboxylic acids is 2. The first-order valence-corrected chi connectivity index (χ1v) is 6.24. The van der Waals surface area contributed by atoms with Crippen LogP contribution in [0.4, 0.5) is 5.69 Å². The normalized spacial score (nSPS) is 18.6. The summed E-state index contributed by atoms with van der Waals surface area (Å²) in [5.41, 5.74) is 2.14. The van der Waals surface area contributed by atoms with Crippen molar-refractivity contribution in [3.8, 4) is 0 Å². The van der Waals surface area contributed by atoms with Gasteiger partial charge in [0.2, 0.25) is 11.8 Å². The summed E-state index contributed by atoms with van der Waals surface area (Å²) in [7, 11) is 0. The molecule has 1 aliphatic rings. The highest BCUT2D eigenvalue weighted by Crippen LogP contribution is 2.15. The van der Waals surface area contributed by atoms with Crippen molar-refractivity contribution in [1.29, 1.82) is 0 Å². The van der Waals surface area contributed by atoms with Crippen molar-refractivity contribution in [2.24, 2.45) is 0 Å². The Morgan fingerprint density at radius 1 is 1.25 bits per heavy atom. The molecule has 0 aliphatic carbocycles. The van der Waals surface area contributed by atoms with Crippen LogP contribution >= 0.6 is 0 Å². The summed E-state index contributed by atoms with van der Waals surface area (Å²) in [4.78, 5) is 31.4. The van der Waals surface area contributed by atoms with E-state index in [-0.39, 0.29) is 24.9 Å². The number of nitrogens with zero attached hydrogens (tertiary/aromatic N) is 2. The van der Waals surface area contributed by atoms with Crippen molar-refractivity contribution >= 4 is 28.5 Å². The zero-order chi connectivity index (χ0) is 13.9. The van der Waals surface area contributed by atoms with Gasteiger partial charge in [-0.2, -0.15) is 0 Å². The molecular formula is C13H13N5O2. The molecule has 1 fully saturated rings. The number of piperazine rings is 1. The number of benzene rings is 1. The molecule has 2 heterocycles. The molecule has 7 nitrogen and oxygen atoms in total. The second kappa shape index (κ2) is 5.22. The van der Waals surface area contributed by atoms with Gasteiger partial charge in [-0.05, 0) is 18.2 Å². The van der Waals surface area contributed by atoms with E-state index in [0.717, 1.165) is 11.0 Å². The molecular weight excluding hydrogens is 258 g/mol. The topological polar surface area (TPSA) is 96.0 Å². The Labute approximate surface area is 114 Å². The molecule has 0 saturated carbocycles. The smallest absolute Gasteiger partial charge is 0.243 e. The van der Waals surface area contributed by atoms with Gasteiger partial charge in [0.15, 0.2) is 0 Å². The largest absolute Gasteiger partial charge is 0.353 e. The molecule has 2 amide bonds. The summed E-state index contributed by atoms with van der Waals surface area (Å²) >= 11 is 0. The maximum atomic E-state index is 12.0. The standard InChI is InChI=1S/C13H13N5O2/c19-12-7-16-11(6-17-12)13(20)18-8-1-2-9-10(5-8)15-4-3-14-9/h1-5,11,16H,6-7H2,(H,17,19)(H,18,20). The van der Waals surface area contributed by atoms with E-state index >= 15 is 0 Å². The highest BCUT2D eigenvalue weighted by Gasteiger charge is 2.23. The third kappa shape index (κ3) is 2.57. The second-order valence-electron chi connectivity index (χ2n) is 4.49. The molecule has 1 aromatic carbocycles. The number of hydrogen-bond donors (Lipinski definition) is 3. The zero-order valence-corrected chi connectivity index (χ0v) is 10.6. The van der Waals surface area contributed by atoms with Crippen LogP contribution in [-0.4, -0.2) is 40.9 Å². The molecule has 20 heavy (non-hydrogen) atoms. The van der Waals surface area contributed by atoms with E-state index in [1.807, 2.05) is 0 Å². The van der Waals surface area contributed by atoms with E-state index in [0.29, 0.717) is 5.69 Å². The fourth-order valence-corrected chi connectivity index (χ4v) is 2.02. The minimum atomic E-state index is -0.426. The minimum absolute atomic E-state index is 0.102. The van der Waals surface area contributed by atoms with Gasteiger partial charge in [-0.3, -0.25) is 24.9 Å². The molecule has 1 atom stereocenters. The Balaban J connectivity index is 1.72. The number of nitrogens with one attached hydrogen (secondary N) is 3. The summed E-state index contributed by atoms with van der Waals surface area (Å²) in [6, 6.07) is 4.91. The molecule has 1 unspecified atom stereocenters. The first-order valence-electron chi connectivity index (χ1n) is 6.24. The summed E-state index contributed by atoms with van der Waals surface area (Å²) < 4.78 is 0. The maximum absolute atomic E-state index is 12.0. The Bertz CT molecular complexity index is 663. The summed E-state index contributed by atoms with van der Waals surface area (Å²) in [6.45, 7) is 0.444. The molecule has 3 rings (SSSR count). The van der Waals surface area contributed by atoms with Crippen molar-refractivity contribution in [2.75, 3.05) is 18.4 Å². The van der Waals surface area contributed by atoms with Crippen LogP contribution in [0.15, 0.2) is 30.6 Å². The molecule has 1 saturated heterocycles. The van der Waals surface area contributed by atoms with Crippen molar-refractivity contribution < 1.29 is 9.59 Å². The van der Waals surface area contributed by atoms with Crippen molar-refractivity contribution in [3.63, 3.8) is 0 Å². The summed E-state index contributed by atoms with van der Waals surface area (Å²) in [5.74, 6) is -0.289. The van der Waals surface area contributed by atoms with E-state index in [9.17, 15) is 9.59 Å². The average molecular weight is 271 g/mol. The Kier molecular flexibility index (Phi) is 3.26. The molecule has 1 aliphatic heterocycles. The van der Waals surface area contributed by atoms with Crippen LogP contribution in [0, 0.1) is 0 Å². The number of aromatic nitrogens is 2. The molecule has 0 radical (unpaired) electrons. The molecule has 7 heteroatoms. The lowest BCUT2D eigenvalue weighted by Crippen LogP contribution is -2.56. The third-order valence-electron chi connectivity index (χ3n) is 3.07. The highest BCUT2D eigenvalue weighted by molar-refractivity contribution is 5.97. The van der Waals surface area contributed by atoms with Gasteiger partial charge >= 0.3 is 0 Å². The van der Waals surface area contributed by atoms with Crippen LogP contribution in [0.1, 0.15) is 0 Å². The van der Waals surface area contributed by atoms with E-state index in [4.69, 9.17) is 0 Å². The lowest BCUT2D eigenvalue weighted by Gasteiger charge is -2.23. The Hall–Kier alpha value is -2.54. The number of hydrogen-bond acceptors (Lipinski definition) is 5. The Morgan fingerprint density at radius 3 is 2.80 bits per heavy atom. The minimum Gasteiger partial charge on any atom is -0.353 e. The molecule has 1 aromatic heterocycles. The van der Waals surface area contributed by atoms with Gasteiger partial charge in [-0.25, -0.2) is 0 Å². The van der Waals surface area contributed by atoms with Gasteiger partial charge in [0.1, 0.15) is 6.04 Å². The number of amides is 2. The molecule has 3 N–H and O–H groups in total. The molecule has 2 aromatic rings. The fraction of sp³-hybridized carbons (Fsp3) is 0.231. The number of carbonyl (C=O) groups is 2. The van der Waals surface area contributed by atoms with E-state index in [1.165, 1.54) is 0 Å². The molecule has 0 spiro atoms. The summed E-state index contributed by atoms with van der Waals surface area (Å²) in [5, 5.41) is 8.32. The van der Waals surface area contributed by atoms with Crippen LogP contribution in [0.2, 0.25) is 0 Å². The van der Waals surface area contributed by atoms with Crippen LogP contribution in [-0.2, 0) is 9.59 Å². The SMILES string of the molecule is O=C1CNC(C(=O)Nc2ccc3nccnc3c2)CN1. The highest BCUT2D eigenvalue weighted by atomic mass is 16.2. The molecule has 0 bridgehead atoms. The Morgan fingerprint density at radius 2 is 2.05 bits per heavy atom. The summed E-state index contributed by atoms with van der Waals surface area (Å²) in [6.07, 6.45) is 3.22. The lowest BCUT2D eigenvalue weighted by atomic mass is 10.2. The number of anilines is 1. The van der Waals surface area contributed by atoms with Crippen molar-refractivity contribution in [1.82, 2.24) is 20.6 Å². The third-order valence-corrected chi connectivity index (χ3v) is 3.07. The van der Waals surface area contributed by atoms with Gasteiger partial charge in [0.05, 0.1) is 17.6 Å². The van der Waals surface area contributed by atoms with Gasteiger partial charge in [-0.15, -0.1) is 0 Å². The second-order valence-corrected chi connectivity index (χ2v) is 4.49. The molecule has 102 valence electrons. The first-order chi connectivity index (χ1) is 9.72. The van der Waals surface area contributed by atoms with Crippen LogP contribution in [0.3, 0.4) is 0 Å². The van der Waals surface area contributed by atoms with Gasteiger partial charge in [0, 0.05) is 24.6 Å². The average Bonchev–Trinajstić information content (AvgIpc) is 2.48. The first kappa shape index (κ1) is 12.5. The van der Waals surface area contributed by atoms with E-state index < -0.39 is 6.04 Å². The van der Waals surface area contributed by atoms with Crippen LogP contribution < -0.4 is 16.0 Å². The monoisotopic (exact) mass is 271 g/mol. The predicted molar refractivity (Wildman–Crippen MR) is 73.0 cm³/mol. The predicted octanol–water partition coefficient (Wildman–Crippen LogP) is -0.344. The van der Waals surface area contributed by atoms with Crippen molar-refractivity contribution in [2.45, 2.75) is 6.04 Å². The number of fused-ring (bicyclic) bond motifs is 1. The zero-order valence-electron chi connectivity index (χ0n) is 10.6. The van der Waals surface area contributed by atoms with E-state index in [1.54, 1.807) is 30.6 Å². The van der Waals surface area contributed by atoms with Gasteiger partial charge < -0.3 is 10.6 Å².